The molecule has 0 aromatic heterocycles. The fourth-order valence-corrected chi connectivity index (χ4v) is 2.53. The van der Waals surface area contributed by atoms with Crippen molar-refractivity contribution in [1.82, 2.24) is 0 Å². The van der Waals surface area contributed by atoms with E-state index in [0.29, 0.717) is 45.7 Å². The second-order valence-electron chi connectivity index (χ2n) is 6.08. The number of esters is 1. The van der Waals surface area contributed by atoms with Gasteiger partial charge in [-0.2, -0.15) is 0 Å². The number of hydrogen-bond acceptors (Lipinski definition) is 5. The van der Waals surface area contributed by atoms with Crippen molar-refractivity contribution in [3.05, 3.63) is 35.9 Å². The Hall–Kier alpha value is -1.87. The third-order valence-corrected chi connectivity index (χ3v) is 3.81. The molecule has 1 saturated heterocycles. The van der Waals surface area contributed by atoms with Crippen LogP contribution in [0.15, 0.2) is 30.3 Å². The highest BCUT2D eigenvalue weighted by atomic mass is 16.7. The molecule has 1 aliphatic heterocycles. The second-order valence-corrected chi connectivity index (χ2v) is 6.08. The summed E-state index contributed by atoms with van der Waals surface area (Å²) in [5, 5.41) is 0. The topological polar surface area (TPSA) is 54.0 Å². The van der Waals surface area contributed by atoms with E-state index in [-0.39, 0.29) is 5.97 Å². The van der Waals surface area contributed by atoms with Crippen molar-refractivity contribution in [2.45, 2.75) is 51.6 Å². The van der Waals surface area contributed by atoms with E-state index >= 15 is 0 Å². The molecule has 0 radical (unpaired) electrons. The fraction of sp³-hybridized carbons (Fsp3) is 0.550. The Morgan fingerprint density at radius 2 is 2.00 bits per heavy atom. The fourth-order valence-electron chi connectivity index (χ4n) is 2.53. The molecule has 1 aromatic rings. The van der Waals surface area contributed by atoms with Gasteiger partial charge in [0.2, 0.25) is 0 Å². The molecule has 136 valence electrons. The first-order chi connectivity index (χ1) is 12.1. The first-order valence-corrected chi connectivity index (χ1v) is 8.63. The lowest BCUT2D eigenvalue weighted by atomic mass is 10.1. The predicted molar refractivity (Wildman–Crippen MR) is 93.6 cm³/mol. The number of hydrogen-bond donors (Lipinski definition) is 0. The quantitative estimate of drug-likeness (QED) is 0.411. The van der Waals surface area contributed by atoms with Crippen LogP contribution in [0.2, 0.25) is 0 Å². The van der Waals surface area contributed by atoms with Gasteiger partial charge in [0.15, 0.2) is 11.9 Å². The van der Waals surface area contributed by atoms with Gasteiger partial charge in [0.25, 0.3) is 0 Å². The van der Waals surface area contributed by atoms with Crippen LogP contribution in [-0.4, -0.2) is 37.7 Å². The van der Waals surface area contributed by atoms with Crippen molar-refractivity contribution < 1.29 is 23.7 Å². The van der Waals surface area contributed by atoms with Crippen molar-refractivity contribution >= 4 is 5.97 Å². The molecule has 0 aliphatic carbocycles. The highest BCUT2D eigenvalue weighted by Crippen LogP contribution is 2.25. The molecular formula is C20H26O5. The van der Waals surface area contributed by atoms with Crippen molar-refractivity contribution in [3.63, 3.8) is 0 Å². The van der Waals surface area contributed by atoms with Crippen LogP contribution in [0.1, 0.15) is 38.7 Å². The van der Waals surface area contributed by atoms with Gasteiger partial charge in [0.05, 0.1) is 26.4 Å². The van der Waals surface area contributed by atoms with Crippen molar-refractivity contribution in [2.75, 3.05) is 19.8 Å². The minimum Gasteiger partial charge on any atom is -0.449 e. The minimum atomic E-state index is -0.598. The van der Waals surface area contributed by atoms with Crippen molar-refractivity contribution in [3.8, 4) is 11.8 Å². The monoisotopic (exact) mass is 346 g/mol. The van der Waals surface area contributed by atoms with Crippen LogP contribution in [0.5, 0.6) is 0 Å². The van der Waals surface area contributed by atoms with Gasteiger partial charge in [-0.05, 0) is 12.5 Å². The lowest BCUT2D eigenvalue weighted by Crippen LogP contribution is -2.28. The minimum absolute atomic E-state index is 0.335. The second kappa shape index (κ2) is 10.2. The number of ether oxygens (including phenoxy) is 4. The predicted octanol–water partition coefficient (Wildman–Crippen LogP) is 3.07. The van der Waals surface area contributed by atoms with Gasteiger partial charge in [-0.3, -0.25) is 4.79 Å². The third-order valence-electron chi connectivity index (χ3n) is 3.81. The van der Waals surface area contributed by atoms with Crippen LogP contribution in [0.3, 0.4) is 0 Å². The molecule has 0 N–H and O–H groups in total. The molecule has 1 aliphatic rings. The van der Waals surface area contributed by atoms with Crippen LogP contribution in [0.4, 0.5) is 0 Å². The molecule has 0 spiro atoms. The highest BCUT2D eigenvalue weighted by molar-refractivity contribution is 5.66. The summed E-state index contributed by atoms with van der Waals surface area (Å²) in [7, 11) is 0. The number of carbonyl (C=O) groups excluding carboxylic acids is 1. The SMILES string of the molecule is CC(=O)OC(C#CCCOCc1ccccc1)CCC1(C)OCCO1. The van der Waals surface area contributed by atoms with Gasteiger partial charge in [-0.1, -0.05) is 42.2 Å². The van der Waals surface area contributed by atoms with Crippen LogP contribution in [-0.2, 0) is 30.3 Å². The Morgan fingerprint density at radius 1 is 1.28 bits per heavy atom. The Labute approximate surface area is 149 Å². The van der Waals surface area contributed by atoms with E-state index in [9.17, 15) is 4.79 Å². The van der Waals surface area contributed by atoms with Gasteiger partial charge in [0.1, 0.15) is 0 Å². The van der Waals surface area contributed by atoms with Gasteiger partial charge >= 0.3 is 5.97 Å². The number of rotatable bonds is 8. The van der Waals surface area contributed by atoms with E-state index in [1.165, 1.54) is 6.92 Å². The van der Waals surface area contributed by atoms with Crippen LogP contribution >= 0.6 is 0 Å². The van der Waals surface area contributed by atoms with E-state index < -0.39 is 11.9 Å². The zero-order valence-corrected chi connectivity index (χ0v) is 15.0. The maximum Gasteiger partial charge on any atom is 0.303 e. The normalized spacial score (nSPS) is 16.7. The summed E-state index contributed by atoms with van der Waals surface area (Å²) in [6.45, 7) is 5.59. The molecule has 1 aromatic carbocycles. The zero-order valence-electron chi connectivity index (χ0n) is 15.0. The smallest absolute Gasteiger partial charge is 0.303 e. The molecule has 1 fully saturated rings. The van der Waals surface area contributed by atoms with Crippen LogP contribution < -0.4 is 0 Å². The highest BCUT2D eigenvalue weighted by Gasteiger charge is 2.31. The standard InChI is InChI=1S/C20H26O5/c1-17(21)25-19(11-12-20(2)23-14-15-24-20)10-6-7-13-22-16-18-8-4-3-5-9-18/h3-5,8-9,19H,7,11-16H2,1-2H3. The molecule has 0 saturated carbocycles. The summed E-state index contributed by atoms with van der Waals surface area (Å²) in [5.74, 6) is 5.10. The van der Waals surface area contributed by atoms with Gasteiger partial charge in [0, 0.05) is 26.2 Å². The van der Waals surface area contributed by atoms with E-state index in [1.54, 1.807) is 0 Å². The van der Waals surface area contributed by atoms with E-state index in [1.807, 2.05) is 37.3 Å². The maximum absolute atomic E-state index is 11.2. The maximum atomic E-state index is 11.2. The molecule has 5 heteroatoms. The average molecular weight is 346 g/mol. The summed E-state index contributed by atoms with van der Waals surface area (Å²) < 4.78 is 22.0. The first kappa shape index (κ1) is 19.5. The Kier molecular flexibility index (Phi) is 7.93. The Morgan fingerprint density at radius 3 is 2.68 bits per heavy atom. The average Bonchev–Trinajstić information content (AvgIpc) is 3.03. The van der Waals surface area contributed by atoms with E-state index in [0.717, 1.165) is 5.56 Å². The lowest BCUT2D eigenvalue weighted by Gasteiger charge is -2.23. The molecule has 1 atom stereocenters. The number of carbonyl (C=O) groups is 1. The molecule has 1 heterocycles. The molecule has 25 heavy (non-hydrogen) atoms. The summed E-state index contributed by atoms with van der Waals surface area (Å²) in [6, 6.07) is 10.00. The zero-order chi connectivity index (χ0) is 18.0. The summed E-state index contributed by atoms with van der Waals surface area (Å²) in [6.07, 6.45) is 1.35. The van der Waals surface area contributed by atoms with E-state index in [4.69, 9.17) is 18.9 Å². The first-order valence-electron chi connectivity index (χ1n) is 8.63. The third kappa shape index (κ3) is 7.70. The van der Waals surface area contributed by atoms with Gasteiger partial charge < -0.3 is 18.9 Å². The summed E-state index contributed by atoms with van der Waals surface area (Å²) in [4.78, 5) is 11.2. The lowest BCUT2D eigenvalue weighted by molar-refractivity contribution is -0.157. The largest absolute Gasteiger partial charge is 0.449 e. The van der Waals surface area contributed by atoms with Crippen LogP contribution in [0.25, 0.3) is 0 Å². The molecule has 1 unspecified atom stereocenters. The van der Waals surface area contributed by atoms with E-state index in [2.05, 4.69) is 11.8 Å². The molecular weight excluding hydrogens is 320 g/mol. The van der Waals surface area contributed by atoms with Crippen molar-refractivity contribution in [2.24, 2.45) is 0 Å². The van der Waals surface area contributed by atoms with Crippen molar-refractivity contribution in [1.29, 1.82) is 0 Å². The van der Waals surface area contributed by atoms with Gasteiger partial charge in [-0.15, -0.1) is 0 Å². The molecule has 0 bridgehead atoms. The Bertz CT molecular complexity index is 581. The molecule has 2 rings (SSSR count). The Balaban J connectivity index is 1.71. The number of benzene rings is 1. The summed E-state index contributed by atoms with van der Waals surface area (Å²) in [5.41, 5.74) is 1.14. The molecule has 0 amide bonds. The van der Waals surface area contributed by atoms with Crippen LogP contribution in [0, 0.1) is 11.8 Å². The summed E-state index contributed by atoms with van der Waals surface area (Å²) >= 11 is 0. The molecule has 5 nitrogen and oxygen atoms in total. The van der Waals surface area contributed by atoms with Gasteiger partial charge in [-0.25, -0.2) is 0 Å².